The van der Waals surface area contributed by atoms with E-state index in [1.165, 1.54) is 6.92 Å². The van der Waals surface area contributed by atoms with Gasteiger partial charge in [0, 0.05) is 25.0 Å². The number of amides is 2. The summed E-state index contributed by atoms with van der Waals surface area (Å²) in [5.41, 5.74) is 0. The Kier molecular flexibility index (Phi) is 8.29. The maximum Gasteiger partial charge on any atom is 0.320 e. The van der Waals surface area contributed by atoms with Crippen LogP contribution in [0.15, 0.2) is 0 Å². The Labute approximate surface area is 170 Å². The van der Waals surface area contributed by atoms with E-state index in [1.54, 1.807) is 0 Å². The van der Waals surface area contributed by atoms with E-state index >= 15 is 0 Å². The monoisotopic (exact) mass is 397 g/mol. The molecule has 5 nitrogen and oxygen atoms in total. The highest BCUT2D eigenvalue weighted by Gasteiger charge is 2.53. The first-order chi connectivity index (χ1) is 13.3. The Bertz CT molecular complexity index is 536. The number of likely N-dealkylation sites (N-methyl/N-ethyl adjacent to an activating group) is 1. The molecule has 0 bridgehead atoms. The second kappa shape index (κ2) is 10.0. The summed E-state index contributed by atoms with van der Waals surface area (Å²) in [6.45, 7) is 14.7. The van der Waals surface area contributed by atoms with E-state index in [9.17, 15) is 14.0 Å². The van der Waals surface area contributed by atoms with Gasteiger partial charge in [0.15, 0.2) is 0 Å². The fourth-order valence-corrected chi connectivity index (χ4v) is 5.40. The molecule has 1 aliphatic carbocycles. The summed E-state index contributed by atoms with van der Waals surface area (Å²) >= 11 is 0. The van der Waals surface area contributed by atoms with Crippen molar-refractivity contribution in [2.75, 3.05) is 19.6 Å². The number of hydrogen-bond donors (Lipinski definition) is 0. The molecule has 1 heterocycles. The largest absolute Gasteiger partial charge is 0.320 e. The lowest BCUT2D eigenvalue weighted by Gasteiger charge is -2.40. The molecule has 0 aromatic carbocycles. The lowest BCUT2D eigenvalue weighted by molar-refractivity contribution is -0.125. The van der Waals surface area contributed by atoms with Crippen LogP contribution in [0.1, 0.15) is 73.6 Å². The summed E-state index contributed by atoms with van der Waals surface area (Å²) in [4.78, 5) is 31.9. The summed E-state index contributed by atoms with van der Waals surface area (Å²) in [5.74, 6) is -0.665. The molecule has 0 radical (unpaired) electrons. The first-order valence-electron chi connectivity index (χ1n) is 11.3. The second-order valence-electron chi connectivity index (χ2n) is 8.44. The number of urea groups is 1. The molecule has 5 atom stereocenters. The minimum atomic E-state index is -1.15. The highest BCUT2D eigenvalue weighted by molar-refractivity contribution is 5.81. The maximum atomic E-state index is 14.8. The van der Waals surface area contributed by atoms with Crippen LogP contribution in [0, 0.1) is 5.92 Å². The van der Waals surface area contributed by atoms with Crippen LogP contribution in [0.2, 0.25) is 0 Å². The fraction of sp³-hybridized carbons (Fsp3) is 0.909. The molecule has 28 heavy (non-hydrogen) atoms. The van der Waals surface area contributed by atoms with Crippen molar-refractivity contribution in [3.05, 3.63) is 0 Å². The van der Waals surface area contributed by atoms with E-state index in [4.69, 9.17) is 0 Å². The standard InChI is InChI=1S/C22H40FN3O2/c1-7-16(8-2)26-21-13-19(23)18(15(6)27)12-20(21)25(22(26)28)14-17(9-3)24(10-4)11-5/h16-21H,7-14H2,1-6H3. The number of fused-ring (bicyclic) bond motifs is 1. The van der Waals surface area contributed by atoms with Crippen molar-refractivity contribution in [2.45, 2.75) is 104 Å². The predicted octanol–water partition coefficient (Wildman–Crippen LogP) is 4.11. The van der Waals surface area contributed by atoms with Crippen molar-refractivity contribution in [1.29, 1.82) is 0 Å². The van der Waals surface area contributed by atoms with E-state index in [-0.39, 0.29) is 36.4 Å². The number of alkyl halides is 1. The Morgan fingerprint density at radius 2 is 1.68 bits per heavy atom. The van der Waals surface area contributed by atoms with Crippen LogP contribution in [0.5, 0.6) is 0 Å². The van der Waals surface area contributed by atoms with Gasteiger partial charge < -0.3 is 9.80 Å². The minimum Gasteiger partial charge on any atom is -0.318 e. The molecule has 2 amide bonds. The van der Waals surface area contributed by atoms with Gasteiger partial charge in [-0.05, 0) is 45.7 Å². The Morgan fingerprint density at radius 3 is 2.14 bits per heavy atom. The smallest absolute Gasteiger partial charge is 0.318 e. The quantitative estimate of drug-likeness (QED) is 0.557. The Balaban J connectivity index is 2.34. The zero-order chi connectivity index (χ0) is 21.0. The van der Waals surface area contributed by atoms with E-state index in [0.29, 0.717) is 19.0 Å². The summed E-state index contributed by atoms with van der Waals surface area (Å²) in [6, 6.07) is 0.307. The highest BCUT2D eigenvalue weighted by atomic mass is 19.1. The van der Waals surface area contributed by atoms with Crippen LogP contribution in [0.4, 0.5) is 9.18 Å². The predicted molar refractivity (Wildman–Crippen MR) is 111 cm³/mol. The molecular formula is C22H40FN3O2. The Morgan fingerprint density at radius 1 is 1.07 bits per heavy atom. The zero-order valence-corrected chi connectivity index (χ0v) is 18.7. The topological polar surface area (TPSA) is 43.9 Å². The van der Waals surface area contributed by atoms with E-state index < -0.39 is 12.1 Å². The molecular weight excluding hydrogens is 357 g/mol. The molecule has 2 fully saturated rings. The molecule has 5 unspecified atom stereocenters. The SMILES string of the molecule is CCC(CN1C(=O)N(C(CC)CC)C2CC(F)C(C(C)=O)CC21)N(CC)CC. The molecule has 1 aliphatic heterocycles. The lowest BCUT2D eigenvalue weighted by atomic mass is 9.78. The van der Waals surface area contributed by atoms with Gasteiger partial charge in [0.05, 0.1) is 18.0 Å². The molecule has 0 aromatic heterocycles. The number of halogens is 1. The van der Waals surface area contributed by atoms with Gasteiger partial charge in [-0.25, -0.2) is 9.18 Å². The van der Waals surface area contributed by atoms with Crippen LogP contribution in [0.25, 0.3) is 0 Å². The molecule has 0 N–H and O–H groups in total. The van der Waals surface area contributed by atoms with Crippen LogP contribution in [-0.4, -0.2) is 76.5 Å². The normalized spacial score (nSPS) is 29.0. The fourth-order valence-electron chi connectivity index (χ4n) is 5.40. The summed E-state index contributed by atoms with van der Waals surface area (Å²) in [5, 5.41) is 0. The van der Waals surface area contributed by atoms with Crippen molar-refractivity contribution < 1.29 is 14.0 Å². The average molecular weight is 398 g/mol. The van der Waals surface area contributed by atoms with Crippen molar-refractivity contribution in [3.63, 3.8) is 0 Å². The van der Waals surface area contributed by atoms with Crippen LogP contribution in [-0.2, 0) is 4.79 Å². The molecule has 1 saturated carbocycles. The van der Waals surface area contributed by atoms with Crippen molar-refractivity contribution >= 4 is 11.8 Å². The third-order valence-electron chi connectivity index (χ3n) is 7.13. The summed E-state index contributed by atoms with van der Waals surface area (Å²) < 4.78 is 14.8. The van der Waals surface area contributed by atoms with Crippen molar-refractivity contribution in [2.24, 2.45) is 5.92 Å². The third-order valence-corrected chi connectivity index (χ3v) is 7.13. The summed E-state index contributed by atoms with van der Waals surface area (Å²) in [7, 11) is 0. The number of ketones is 1. The minimum absolute atomic E-state index is 0.0470. The van der Waals surface area contributed by atoms with Gasteiger partial charge >= 0.3 is 6.03 Å². The molecule has 1 saturated heterocycles. The maximum absolute atomic E-state index is 14.8. The van der Waals surface area contributed by atoms with E-state index in [2.05, 4.69) is 39.5 Å². The Hall–Kier alpha value is -1.17. The van der Waals surface area contributed by atoms with Gasteiger partial charge in [-0.1, -0.05) is 34.6 Å². The number of rotatable bonds is 10. The van der Waals surface area contributed by atoms with Gasteiger partial charge in [-0.3, -0.25) is 9.69 Å². The number of carbonyl (C=O) groups is 2. The number of nitrogens with zero attached hydrogens (tertiary/aromatic N) is 3. The van der Waals surface area contributed by atoms with Gasteiger partial charge in [0.25, 0.3) is 0 Å². The van der Waals surface area contributed by atoms with E-state index in [1.807, 2.05) is 9.80 Å². The molecule has 162 valence electrons. The lowest BCUT2D eigenvalue weighted by Crippen LogP contribution is -2.51. The highest BCUT2D eigenvalue weighted by Crippen LogP contribution is 2.40. The second-order valence-corrected chi connectivity index (χ2v) is 8.44. The molecule has 0 aromatic rings. The summed E-state index contributed by atoms with van der Waals surface area (Å²) in [6.07, 6.45) is 2.32. The van der Waals surface area contributed by atoms with Crippen LogP contribution >= 0.6 is 0 Å². The molecule has 6 heteroatoms. The number of Topliss-reactive ketones (excluding diaryl/α,β-unsaturated/α-hetero) is 1. The van der Waals surface area contributed by atoms with Gasteiger partial charge in [-0.2, -0.15) is 0 Å². The number of carbonyl (C=O) groups excluding carboxylic acids is 2. The van der Waals surface area contributed by atoms with Gasteiger partial charge in [0.1, 0.15) is 12.0 Å². The average Bonchev–Trinajstić information content (AvgIpc) is 2.93. The molecule has 0 spiro atoms. The first-order valence-corrected chi connectivity index (χ1v) is 11.3. The third kappa shape index (κ3) is 4.37. The molecule has 2 rings (SSSR count). The zero-order valence-electron chi connectivity index (χ0n) is 18.7. The van der Waals surface area contributed by atoms with Crippen LogP contribution < -0.4 is 0 Å². The van der Waals surface area contributed by atoms with Gasteiger partial charge in [0.2, 0.25) is 0 Å². The molecule has 2 aliphatic rings. The number of hydrogen-bond acceptors (Lipinski definition) is 3. The van der Waals surface area contributed by atoms with Crippen LogP contribution in [0.3, 0.4) is 0 Å². The van der Waals surface area contributed by atoms with Gasteiger partial charge in [-0.15, -0.1) is 0 Å². The van der Waals surface area contributed by atoms with E-state index in [0.717, 1.165) is 32.4 Å². The first kappa shape index (κ1) is 23.1. The van der Waals surface area contributed by atoms with Crippen molar-refractivity contribution in [1.82, 2.24) is 14.7 Å². The van der Waals surface area contributed by atoms with Crippen molar-refractivity contribution in [3.8, 4) is 0 Å².